The van der Waals surface area contributed by atoms with Gasteiger partial charge in [0.25, 0.3) is 0 Å². The van der Waals surface area contributed by atoms with Crippen LogP contribution in [0.5, 0.6) is 0 Å². The largest absolute Gasteiger partial charge is 0.452 e. The van der Waals surface area contributed by atoms with Crippen LogP contribution < -0.4 is 0 Å². The summed E-state index contributed by atoms with van der Waals surface area (Å²) in [5.74, 6) is 0. The van der Waals surface area contributed by atoms with Gasteiger partial charge in [-0.05, 0) is 102 Å². The molecule has 0 radical (unpaired) electrons. The molecule has 0 aliphatic heterocycles. The first kappa shape index (κ1) is 19.3. The Morgan fingerprint density at radius 3 is 1.67 bits per heavy atom. The minimum absolute atomic E-state index is 0.0212. The van der Waals surface area contributed by atoms with Gasteiger partial charge in [0, 0.05) is 21.5 Å². The van der Waals surface area contributed by atoms with Crippen molar-refractivity contribution in [2.75, 3.05) is 0 Å². The van der Waals surface area contributed by atoms with Crippen LogP contribution in [0.2, 0.25) is 0 Å². The molecule has 0 aliphatic rings. The zero-order valence-corrected chi connectivity index (χ0v) is 25.2. The molecule has 11 aromatic rings. The summed E-state index contributed by atoms with van der Waals surface area (Å²) in [5, 5.41) is 4.85. The smallest absolute Gasteiger partial charge is 0.178 e. The Hall–Kier alpha value is -6.38. The third kappa shape index (κ3) is 3.57. The molecule has 222 valence electrons. The molecule has 0 atom stereocenters. The van der Waals surface area contributed by atoms with Crippen molar-refractivity contribution in [1.29, 1.82) is 0 Å². The molecule has 0 saturated heterocycles. The minimum Gasteiger partial charge on any atom is -0.452 e. The molecule has 2 heterocycles. The zero-order chi connectivity index (χ0) is 38.3. The second-order valence-corrected chi connectivity index (χ2v) is 12.2. The normalized spacial score (nSPS) is 14.5. The molecule has 0 unspecified atom stereocenters. The number of hydrogen-bond donors (Lipinski definition) is 0. The van der Waals surface area contributed by atoms with E-state index in [4.69, 9.17) is 12.9 Å². The Morgan fingerprint density at radius 1 is 0.354 bits per heavy atom. The molecule has 2 heteroatoms. The van der Waals surface area contributed by atoms with Crippen LogP contribution in [0.25, 0.3) is 110 Å². The van der Waals surface area contributed by atoms with E-state index in [1.165, 1.54) is 0 Å². The van der Waals surface area contributed by atoms with E-state index >= 15 is 0 Å². The van der Waals surface area contributed by atoms with Crippen molar-refractivity contribution in [2.24, 2.45) is 0 Å². The number of hydrogen-bond acceptors (Lipinski definition) is 2. The van der Waals surface area contributed by atoms with Crippen molar-refractivity contribution >= 4 is 76.2 Å². The molecule has 0 N–H and O–H groups in total. The molecule has 11 rings (SSSR count). The van der Waals surface area contributed by atoms with Gasteiger partial charge in [-0.3, -0.25) is 0 Å². The van der Waals surface area contributed by atoms with Gasteiger partial charge in [0.1, 0.15) is 11.2 Å². The third-order valence-electron chi connectivity index (χ3n) is 9.53. The number of rotatable bonds is 3. The summed E-state index contributed by atoms with van der Waals surface area (Å²) in [6.45, 7) is 0. The highest BCUT2D eigenvalue weighted by molar-refractivity contribution is 6.27. The Bertz CT molecular complexity index is 3510. The molecule has 0 spiro atoms. The summed E-state index contributed by atoms with van der Waals surface area (Å²) in [6, 6.07) is 32.3. The average molecular weight is 619 g/mol. The SMILES string of the molecule is [2H]c1c([2H])c2c([2H])c([2H])c3c(-c4cccc(-c5ccc6oc7c(ccc8c9ccccc9oc87)c6c5)c4)c([2H])c([2H])c4c([2H])c([2H])c(c1-c1ccccc1)c2c43. The van der Waals surface area contributed by atoms with Gasteiger partial charge >= 0.3 is 0 Å². The summed E-state index contributed by atoms with van der Waals surface area (Å²) in [7, 11) is 0. The first-order chi connectivity index (χ1) is 27.1. The third-order valence-corrected chi connectivity index (χ3v) is 9.53. The van der Waals surface area contributed by atoms with Gasteiger partial charge in [-0.25, -0.2) is 0 Å². The summed E-state index contributed by atoms with van der Waals surface area (Å²) in [6.07, 6.45) is 0. The van der Waals surface area contributed by atoms with Crippen molar-refractivity contribution < 1.29 is 19.8 Å². The molecule has 0 bridgehead atoms. The van der Waals surface area contributed by atoms with Crippen LogP contribution in [0.1, 0.15) is 11.0 Å². The lowest BCUT2D eigenvalue weighted by Crippen LogP contribution is -1.89. The van der Waals surface area contributed by atoms with Crippen LogP contribution in [0.4, 0.5) is 0 Å². The van der Waals surface area contributed by atoms with E-state index in [1.807, 2.05) is 72.8 Å². The van der Waals surface area contributed by atoms with Gasteiger partial charge in [-0.1, -0.05) is 121 Å². The highest BCUT2D eigenvalue weighted by Crippen LogP contribution is 2.44. The van der Waals surface area contributed by atoms with Crippen molar-refractivity contribution in [3.63, 3.8) is 0 Å². The van der Waals surface area contributed by atoms with Gasteiger partial charge in [0.2, 0.25) is 0 Å². The van der Waals surface area contributed by atoms with Crippen LogP contribution in [0.15, 0.2) is 166 Å². The first-order valence-corrected chi connectivity index (χ1v) is 15.8. The van der Waals surface area contributed by atoms with Gasteiger partial charge < -0.3 is 8.83 Å². The first-order valence-electron chi connectivity index (χ1n) is 19.8. The molecule has 0 saturated carbocycles. The predicted molar refractivity (Wildman–Crippen MR) is 201 cm³/mol. The zero-order valence-electron chi connectivity index (χ0n) is 33.2. The number of para-hydroxylation sites is 1. The average Bonchev–Trinajstić information content (AvgIpc) is 3.79. The molecule has 48 heavy (non-hydrogen) atoms. The highest BCUT2D eigenvalue weighted by atomic mass is 16.4. The van der Waals surface area contributed by atoms with Crippen LogP contribution in [0, 0.1) is 0 Å². The highest BCUT2D eigenvalue weighted by Gasteiger charge is 2.18. The Labute approximate surface area is 286 Å². The van der Waals surface area contributed by atoms with Crippen LogP contribution in [-0.4, -0.2) is 0 Å². The predicted octanol–water partition coefficient (Wildman–Crippen LogP) is 13.4. The second kappa shape index (κ2) is 9.57. The van der Waals surface area contributed by atoms with Crippen molar-refractivity contribution in [1.82, 2.24) is 0 Å². The van der Waals surface area contributed by atoms with E-state index in [-0.39, 0.29) is 86.4 Å². The fourth-order valence-electron chi connectivity index (χ4n) is 7.28. The summed E-state index contributed by atoms with van der Waals surface area (Å²) >= 11 is 0. The summed E-state index contributed by atoms with van der Waals surface area (Å²) in [5.41, 5.74) is 6.19. The molecular formula is C46H26O2. The molecule has 0 fully saturated rings. The van der Waals surface area contributed by atoms with Crippen LogP contribution in [-0.2, 0) is 0 Å². The quantitative estimate of drug-likeness (QED) is 0.184. The standard InChI is InChI=1S/C46H26O2/c1-2-7-27(8-3-1)33-18-13-28-16-21-37-34(19-14-29-15-20-36(33)43(28)44(29)37)32-10-6-9-30(25-32)31-17-24-42-40(26-31)39-23-22-38-35-11-4-5-12-41(35)47-45(38)46(39)48-42/h1-26H/i13D,14D,15D,16D,18D,19D,20D,21D. The van der Waals surface area contributed by atoms with E-state index in [0.717, 1.165) is 38.3 Å². The molecule has 0 aliphatic carbocycles. The lowest BCUT2D eigenvalue weighted by Gasteiger charge is -2.17. The number of benzene rings is 9. The van der Waals surface area contributed by atoms with E-state index < -0.39 is 0 Å². The molecule has 2 nitrogen and oxygen atoms in total. The fourth-order valence-corrected chi connectivity index (χ4v) is 7.28. The topological polar surface area (TPSA) is 26.3 Å². The van der Waals surface area contributed by atoms with E-state index in [1.54, 1.807) is 24.3 Å². The Balaban J connectivity index is 1.17. The van der Waals surface area contributed by atoms with Gasteiger partial charge in [0.05, 0.1) is 11.0 Å². The molecule has 2 aromatic heterocycles. The second-order valence-electron chi connectivity index (χ2n) is 12.2. The maximum Gasteiger partial charge on any atom is 0.178 e. The lowest BCUT2D eigenvalue weighted by atomic mass is 9.87. The van der Waals surface area contributed by atoms with Gasteiger partial charge in [-0.2, -0.15) is 0 Å². The van der Waals surface area contributed by atoms with E-state index in [2.05, 4.69) is 12.1 Å². The van der Waals surface area contributed by atoms with Gasteiger partial charge in [-0.15, -0.1) is 0 Å². The van der Waals surface area contributed by atoms with Crippen molar-refractivity contribution in [2.45, 2.75) is 0 Å². The van der Waals surface area contributed by atoms with Gasteiger partial charge in [0.15, 0.2) is 11.2 Å². The van der Waals surface area contributed by atoms with Crippen molar-refractivity contribution in [3.05, 3.63) is 158 Å². The molecule has 9 aromatic carbocycles. The minimum atomic E-state index is -0.301. The number of furan rings is 2. The van der Waals surface area contributed by atoms with E-state index in [9.17, 15) is 6.85 Å². The fraction of sp³-hybridized carbons (Fsp3) is 0. The maximum absolute atomic E-state index is 9.36. The monoisotopic (exact) mass is 618 g/mol. The molecular weight excluding hydrogens is 585 g/mol. The van der Waals surface area contributed by atoms with Crippen LogP contribution >= 0.6 is 0 Å². The number of fused-ring (bicyclic) bond motifs is 7. The molecule has 0 amide bonds. The Kier molecular flexibility index (Phi) is 3.85. The summed E-state index contributed by atoms with van der Waals surface area (Å²) in [4.78, 5) is 0. The lowest BCUT2D eigenvalue weighted by molar-refractivity contribution is 0.633. The van der Waals surface area contributed by atoms with Crippen molar-refractivity contribution in [3.8, 4) is 33.4 Å². The van der Waals surface area contributed by atoms with E-state index in [0.29, 0.717) is 33.3 Å². The Morgan fingerprint density at radius 2 is 0.917 bits per heavy atom. The van der Waals surface area contributed by atoms with Crippen LogP contribution in [0.3, 0.4) is 0 Å². The summed E-state index contributed by atoms with van der Waals surface area (Å²) < 4.78 is 86.3. The maximum atomic E-state index is 9.36.